The lowest BCUT2D eigenvalue weighted by Gasteiger charge is -2.15. The summed E-state index contributed by atoms with van der Waals surface area (Å²) < 4.78 is 12.1. The number of halogens is 1. The summed E-state index contributed by atoms with van der Waals surface area (Å²) in [6.45, 7) is 0.0190. The molecule has 1 heterocycles. The topological polar surface area (TPSA) is 69.6 Å². The Kier molecular flexibility index (Phi) is 7.43. The first-order valence-electron chi connectivity index (χ1n) is 9.08. The monoisotopic (exact) mass is 444 g/mol. The molecule has 0 bridgehead atoms. The number of ether oxygens (including phenoxy) is 2. The van der Waals surface area contributed by atoms with Gasteiger partial charge in [0.05, 0.1) is 26.1 Å². The predicted molar refractivity (Wildman–Crippen MR) is 120 cm³/mol. The number of nitrogens with one attached hydrogen (secondary N) is 1. The zero-order chi connectivity index (χ0) is 21.5. The zero-order valence-electron chi connectivity index (χ0n) is 16.6. The van der Waals surface area contributed by atoms with Crippen molar-refractivity contribution in [3.05, 3.63) is 81.7 Å². The number of rotatable bonds is 8. The highest BCUT2D eigenvalue weighted by Gasteiger charge is 2.13. The van der Waals surface area contributed by atoms with Gasteiger partial charge < -0.3 is 19.4 Å². The van der Waals surface area contributed by atoms with Crippen LogP contribution in [-0.4, -0.2) is 24.7 Å². The van der Waals surface area contributed by atoms with Crippen LogP contribution in [0.2, 0.25) is 5.02 Å². The minimum Gasteiger partial charge on any atom is -0.495 e. The van der Waals surface area contributed by atoms with Crippen LogP contribution in [0.5, 0.6) is 11.5 Å². The molecule has 0 aliphatic rings. The van der Waals surface area contributed by atoms with Gasteiger partial charge in [-0.1, -0.05) is 23.7 Å². The predicted octanol–water partition coefficient (Wildman–Crippen LogP) is 4.45. The minimum absolute atomic E-state index is 0.0190. The summed E-state index contributed by atoms with van der Waals surface area (Å²) in [6, 6.07) is 16.1. The van der Waals surface area contributed by atoms with Crippen molar-refractivity contribution in [2.75, 3.05) is 19.5 Å². The highest BCUT2D eigenvalue weighted by molar-refractivity contribution is 7.98. The van der Waals surface area contributed by atoms with Gasteiger partial charge in [0, 0.05) is 27.4 Å². The fourth-order valence-corrected chi connectivity index (χ4v) is 3.82. The summed E-state index contributed by atoms with van der Waals surface area (Å²) >= 11 is 7.48. The quantitative estimate of drug-likeness (QED) is 0.520. The van der Waals surface area contributed by atoms with E-state index in [9.17, 15) is 9.59 Å². The fourth-order valence-electron chi connectivity index (χ4n) is 2.80. The smallest absolute Gasteiger partial charge is 0.244 e. The molecule has 3 aromatic rings. The lowest BCUT2D eigenvalue weighted by Crippen LogP contribution is -2.23. The number of anilines is 1. The molecule has 156 valence electrons. The molecular weight excluding hydrogens is 424 g/mol. The van der Waals surface area contributed by atoms with Gasteiger partial charge in [0.25, 0.3) is 0 Å². The Bertz CT molecular complexity index is 1080. The summed E-state index contributed by atoms with van der Waals surface area (Å²) in [5.41, 5.74) is 1.05. The van der Waals surface area contributed by atoms with Crippen molar-refractivity contribution in [2.24, 2.45) is 0 Å². The van der Waals surface area contributed by atoms with Crippen molar-refractivity contribution in [1.29, 1.82) is 0 Å². The number of benzene rings is 2. The van der Waals surface area contributed by atoms with Crippen molar-refractivity contribution in [2.45, 2.75) is 17.2 Å². The average Bonchev–Trinajstić information content (AvgIpc) is 2.75. The second-order valence-electron chi connectivity index (χ2n) is 6.32. The standard InChI is InChI=1S/C22H21ClN2O4S/c1-28-20-6-4-3-5-18(20)24-22(27)13-25-12-21(29-2)19(26)11-16(25)14-30-17-9-7-15(23)8-10-17/h3-12H,13-14H2,1-2H3,(H,24,27). The van der Waals surface area contributed by atoms with E-state index in [-0.39, 0.29) is 23.6 Å². The Morgan fingerprint density at radius 3 is 2.47 bits per heavy atom. The summed E-state index contributed by atoms with van der Waals surface area (Å²) in [6.07, 6.45) is 1.56. The first kappa shape index (κ1) is 21.8. The number of amides is 1. The molecule has 0 unspecified atom stereocenters. The Balaban J connectivity index is 1.80. The molecule has 2 aromatic carbocycles. The van der Waals surface area contributed by atoms with Gasteiger partial charge in [-0.2, -0.15) is 0 Å². The Morgan fingerprint density at radius 2 is 1.77 bits per heavy atom. The zero-order valence-corrected chi connectivity index (χ0v) is 18.1. The lowest BCUT2D eigenvalue weighted by atomic mass is 10.3. The van der Waals surface area contributed by atoms with E-state index in [1.807, 2.05) is 36.4 Å². The second-order valence-corrected chi connectivity index (χ2v) is 7.80. The number of hydrogen-bond acceptors (Lipinski definition) is 5. The number of hydrogen-bond donors (Lipinski definition) is 1. The first-order chi connectivity index (χ1) is 14.5. The van der Waals surface area contributed by atoms with Crippen LogP contribution in [0.1, 0.15) is 5.69 Å². The number of pyridine rings is 1. The number of thioether (sulfide) groups is 1. The van der Waals surface area contributed by atoms with Crippen LogP contribution in [0.15, 0.2) is 70.5 Å². The van der Waals surface area contributed by atoms with Crippen molar-refractivity contribution in [1.82, 2.24) is 4.57 Å². The maximum Gasteiger partial charge on any atom is 0.244 e. The molecule has 0 aliphatic heterocycles. The van der Waals surface area contributed by atoms with E-state index in [1.54, 1.807) is 41.8 Å². The van der Waals surface area contributed by atoms with E-state index in [2.05, 4.69) is 5.32 Å². The number of nitrogens with zero attached hydrogens (tertiary/aromatic N) is 1. The SMILES string of the molecule is COc1ccccc1NC(=O)Cn1cc(OC)c(=O)cc1CSc1ccc(Cl)cc1. The summed E-state index contributed by atoms with van der Waals surface area (Å²) in [5, 5.41) is 3.50. The normalized spacial score (nSPS) is 10.5. The number of para-hydroxylation sites is 2. The lowest BCUT2D eigenvalue weighted by molar-refractivity contribution is -0.116. The van der Waals surface area contributed by atoms with Crippen molar-refractivity contribution in [3.63, 3.8) is 0 Å². The third kappa shape index (κ3) is 5.58. The molecule has 8 heteroatoms. The van der Waals surface area contributed by atoms with Gasteiger partial charge in [0.2, 0.25) is 11.3 Å². The van der Waals surface area contributed by atoms with Gasteiger partial charge >= 0.3 is 0 Å². The summed E-state index contributed by atoms with van der Waals surface area (Å²) in [4.78, 5) is 25.9. The highest BCUT2D eigenvalue weighted by atomic mass is 35.5. The fraction of sp³-hybridized carbons (Fsp3) is 0.182. The van der Waals surface area contributed by atoms with E-state index in [1.165, 1.54) is 13.2 Å². The van der Waals surface area contributed by atoms with Crippen LogP contribution in [0.25, 0.3) is 0 Å². The van der Waals surface area contributed by atoms with Crippen LogP contribution in [-0.2, 0) is 17.1 Å². The second kappa shape index (κ2) is 10.2. The van der Waals surface area contributed by atoms with Gasteiger partial charge in [-0.15, -0.1) is 11.8 Å². The van der Waals surface area contributed by atoms with Crippen LogP contribution in [0, 0.1) is 0 Å². The molecule has 1 aromatic heterocycles. The highest BCUT2D eigenvalue weighted by Crippen LogP contribution is 2.25. The van der Waals surface area contributed by atoms with Crippen LogP contribution < -0.4 is 20.2 Å². The number of carbonyl (C=O) groups excluding carboxylic acids is 1. The van der Waals surface area contributed by atoms with Crippen molar-refractivity contribution in [3.8, 4) is 11.5 Å². The van der Waals surface area contributed by atoms with E-state index in [0.717, 1.165) is 4.90 Å². The minimum atomic E-state index is -0.247. The van der Waals surface area contributed by atoms with E-state index in [0.29, 0.717) is 27.9 Å². The largest absolute Gasteiger partial charge is 0.495 e. The van der Waals surface area contributed by atoms with Crippen LogP contribution >= 0.6 is 23.4 Å². The van der Waals surface area contributed by atoms with E-state index >= 15 is 0 Å². The van der Waals surface area contributed by atoms with Gasteiger partial charge in [-0.05, 0) is 36.4 Å². The molecule has 6 nitrogen and oxygen atoms in total. The van der Waals surface area contributed by atoms with E-state index < -0.39 is 0 Å². The number of methoxy groups -OCH3 is 2. The van der Waals surface area contributed by atoms with Crippen molar-refractivity contribution >= 4 is 35.0 Å². The van der Waals surface area contributed by atoms with Gasteiger partial charge in [0.15, 0.2) is 5.75 Å². The molecule has 1 N–H and O–H groups in total. The first-order valence-corrected chi connectivity index (χ1v) is 10.4. The average molecular weight is 445 g/mol. The number of carbonyl (C=O) groups is 1. The Labute approximate surface area is 183 Å². The molecule has 0 aliphatic carbocycles. The number of aromatic nitrogens is 1. The molecule has 0 fully saturated rings. The molecular formula is C22H21ClN2O4S. The molecule has 1 amide bonds. The third-order valence-corrected chi connectivity index (χ3v) is 5.60. The molecule has 30 heavy (non-hydrogen) atoms. The summed E-state index contributed by atoms with van der Waals surface area (Å²) in [5.74, 6) is 1.01. The van der Waals surface area contributed by atoms with Gasteiger partial charge in [0.1, 0.15) is 12.3 Å². The van der Waals surface area contributed by atoms with Crippen LogP contribution in [0.3, 0.4) is 0 Å². The van der Waals surface area contributed by atoms with Crippen LogP contribution in [0.4, 0.5) is 5.69 Å². The summed E-state index contributed by atoms with van der Waals surface area (Å²) in [7, 11) is 2.97. The maximum absolute atomic E-state index is 12.7. The molecule has 0 spiro atoms. The van der Waals surface area contributed by atoms with Gasteiger partial charge in [-0.3, -0.25) is 9.59 Å². The molecule has 0 radical (unpaired) electrons. The van der Waals surface area contributed by atoms with E-state index in [4.69, 9.17) is 21.1 Å². The molecule has 3 rings (SSSR count). The molecule has 0 atom stereocenters. The maximum atomic E-state index is 12.7. The molecule has 0 saturated heterocycles. The van der Waals surface area contributed by atoms with Gasteiger partial charge in [-0.25, -0.2) is 0 Å². The molecule has 0 saturated carbocycles. The Hall–Kier alpha value is -2.90. The third-order valence-electron chi connectivity index (χ3n) is 4.30. The Morgan fingerprint density at radius 1 is 1.07 bits per heavy atom. The van der Waals surface area contributed by atoms with Crippen molar-refractivity contribution < 1.29 is 14.3 Å².